The van der Waals surface area contributed by atoms with E-state index in [0.29, 0.717) is 17.3 Å². The van der Waals surface area contributed by atoms with Gasteiger partial charge >= 0.3 is 5.97 Å². The number of hydrogen-bond acceptors (Lipinski definition) is 7. The molecule has 3 unspecified atom stereocenters. The van der Waals surface area contributed by atoms with Gasteiger partial charge in [0.25, 0.3) is 0 Å². The predicted octanol–water partition coefficient (Wildman–Crippen LogP) is 0.698. The number of hydrogen-bond donors (Lipinski definition) is 2. The second kappa shape index (κ2) is 7.02. The molecule has 1 aliphatic rings. The Hall–Kier alpha value is -1.44. The minimum Gasteiger partial charge on any atom is -0.497 e. The van der Waals surface area contributed by atoms with Crippen molar-refractivity contribution in [1.29, 1.82) is 0 Å². The SMILES string of the molecule is COc1ccc(C(=O)OC2CSC(CO)C2O)c(OC)c1. The number of ether oxygens (including phenoxy) is 3. The van der Waals surface area contributed by atoms with Crippen LogP contribution in [0, 0.1) is 0 Å². The number of methoxy groups -OCH3 is 2. The fourth-order valence-electron chi connectivity index (χ4n) is 2.09. The first-order valence-corrected chi connectivity index (χ1v) is 7.49. The molecule has 0 saturated carbocycles. The number of benzene rings is 1. The average molecular weight is 314 g/mol. The van der Waals surface area contributed by atoms with Gasteiger partial charge in [-0.15, -0.1) is 11.8 Å². The van der Waals surface area contributed by atoms with Crippen LogP contribution in [0.4, 0.5) is 0 Å². The molecule has 2 rings (SSSR count). The number of carbonyl (C=O) groups excluding carboxylic acids is 1. The lowest BCUT2D eigenvalue weighted by atomic mass is 10.1. The molecule has 2 N–H and O–H groups in total. The summed E-state index contributed by atoms with van der Waals surface area (Å²) < 4.78 is 15.5. The Labute approximate surface area is 127 Å². The standard InChI is InChI=1S/C14H18O6S/c1-18-8-3-4-9(10(5-8)19-2)14(17)20-11-7-21-12(6-15)13(11)16/h3-5,11-13,15-16H,6-7H2,1-2H3. The largest absolute Gasteiger partial charge is 0.497 e. The zero-order valence-corrected chi connectivity index (χ0v) is 12.6. The molecule has 0 aromatic heterocycles. The molecule has 7 heteroatoms. The van der Waals surface area contributed by atoms with Crippen LogP contribution < -0.4 is 9.47 Å². The van der Waals surface area contributed by atoms with E-state index in [1.54, 1.807) is 18.2 Å². The van der Waals surface area contributed by atoms with Gasteiger partial charge in [0.1, 0.15) is 29.3 Å². The monoisotopic (exact) mass is 314 g/mol. The maximum Gasteiger partial charge on any atom is 0.342 e. The zero-order chi connectivity index (χ0) is 15.4. The summed E-state index contributed by atoms with van der Waals surface area (Å²) >= 11 is 1.38. The average Bonchev–Trinajstić information content (AvgIpc) is 2.86. The van der Waals surface area contributed by atoms with Crippen LogP contribution in [0.15, 0.2) is 18.2 Å². The van der Waals surface area contributed by atoms with Crippen LogP contribution in [0.25, 0.3) is 0 Å². The Morgan fingerprint density at radius 1 is 1.38 bits per heavy atom. The van der Waals surface area contributed by atoms with E-state index in [2.05, 4.69) is 0 Å². The van der Waals surface area contributed by atoms with Crippen molar-refractivity contribution in [3.8, 4) is 11.5 Å². The summed E-state index contributed by atoms with van der Waals surface area (Å²) in [5.41, 5.74) is 0.267. The highest BCUT2D eigenvalue weighted by atomic mass is 32.2. The van der Waals surface area contributed by atoms with E-state index < -0.39 is 18.2 Å². The third-order valence-electron chi connectivity index (χ3n) is 3.30. The molecular formula is C14H18O6S. The van der Waals surface area contributed by atoms with Crippen molar-refractivity contribution in [3.05, 3.63) is 23.8 Å². The van der Waals surface area contributed by atoms with Crippen molar-refractivity contribution in [2.75, 3.05) is 26.6 Å². The Morgan fingerprint density at radius 2 is 2.14 bits per heavy atom. The normalized spacial score (nSPS) is 24.7. The van der Waals surface area contributed by atoms with Crippen LogP contribution in [0.3, 0.4) is 0 Å². The van der Waals surface area contributed by atoms with Crippen LogP contribution >= 0.6 is 11.8 Å². The van der Waals surface area contributed by atoms with Crippen LogP contribution in [-0.4, -0.2) is 60.2 Å². The van der Waals surface area contributed by atoms with E-state index in [1.165, 1.54) is 26.0 Å². The second-order valence-electron chi connectivity index (χ2n) is 4.55. The lowest BCUT2D eigenvalue weighted by Gasteiger charge is -2.18. The maximum absolute atomic E-state index is 12.2. The zero-order valence-electron chi connectivity index (χ0n) is 11.8. The van der Waals surface area contributed by atoms with Crippen LogP contribution in [-0.2, 0) is 4.74 Å². The molecule has 0 aliphatic carbocycles. The first-order valence-electron chi connectivity index (χ1n) is 6.44. The molecular weight excluding hydrogens is 296 g/mol. The van der Waals surface area contributed by atoms with Gasteiger partial charge in [-0.1, -0.05) is 0 Å². The number of rotatable bonds is 5. The van der Waals surface area contributed by atoms with Gasteiger partial charge in [-0.25, -0.2) is 4.79 Å². The Bertz CT molecular complexity index is 506. The second-order valence-corrected chi connectivity index (χ2v) is 5.83. The van der Waals surface area contributed by atoms with Gasteiger partial charge in [-0.2, -0.15) is 0 Å². The summed E-state index contributed by atoms with van der Waals surface area (Å²) in [6.45, 7) is -0.147. The van der Waals surface area contributed by atoms with Crippen LogP contribution in [0.1, 0.15) is 10.4 Å². The number of aliphatic hydroxyl groups excluding tert-OH is 2. The topological polar surface area (TPSA) is 85.2 Å². The quantitative estimate of drug-likeness (QED) is 0.774. The van der Waals surface area contributed by atoms with Crippen molar-refractivity contribution < 1.29 is 29.2 Å². The lowest BCUT2D eigenvalue weighted by molar-refractivity contribution is -0.00832. The van der Waals surface area contributed by atoms with Gasteiger partial charge in [-0.05, 0) is 12.1 Å². The molecule has 1 heterocycles. The predicted molar refractivity (Wildman–Crippen MR) is 78.1 cm³/mol. The van der Waals surface area contributed by atoms with E-state index in [0.717, 1.165) is 0 Å². The molecule has 0 bridgehead atoms. The molecule has 1 aromatic carbocycles. The molecule has 0 radical (unpaired) electrons. The summed E-state index contributed by atoms with van der Waals surface area (Å²) in [6, 6.07) is 4.78. The van der Waals surface area contributed by atoms with Crippen molar-refractivity contribution in [3.63, 3.8) is 0 Å². The highest BCUT2D eigenvalue weighted by molar-refractivity contribution is 8.00. The minimum absolute atomic E-state index is 0.147. The van der Waals surface area contributed by atoms with Gasteiger partial charge in [-0.3, -0.25) is 0 Å². The van der Waals surface area contributed by atoms with E-state index in [-0.39, 0.29) is 17.4 Å². The van der Waals surface area contributed by atoms with E-state index in [4.69, 9.17) is 19.3 Å². The number of carbonyl (C=O) groups is 1. The minimum atomic E-state index is -0.867. The molecule has 3 atom stereocenters. The molecule has 0 amide bonds. The van der Waals surface area contributed by atoms with Crippen LogP contribution in [0.2, 0.25) is 0 Å². The molecule has 21 heavy (non-hydrogen) atoms. The summed E-state index contributed by atoms with van der Waals surface area (Å²) in [5.74, 6) is 0.799. The van der Waals surface area contributed by atoms with E-state index >= 15 is 0 Å². The van der Waals surface area contributed by atoms with Gasteiger partial charge in [0.05, 0.1) is 26.1 Å². The molecule has 1 aromatic rings. The summed E-state index contributed by atoms with van der Waals surface area (Å²) in [7, 11) is 2.97. The lowest BCUT2D eigenvalue weighted by Crippen LogP contribution is -2.35. The van der Waals surface area contributed by atoms with Crippen molar-refractivity contribution >= 4 is 17.7 Å². The molecule has 0 spiro atoms. The smallest absolute Gasteiger partial charge is 0.342 e. The molecule has 116 valence electrons. The Balaban J connectivity index is 2.10. The van der Waals surface area contributed by atoms with E-state index in [1.807, 2.05) is 0 Å². The first-order chi connectivity index (χ1) is 10.1. The summed E-state index contributed by atoms with van der Waals surface area (Å²) in [6.07, 6.45) is -1.50. The number of esters is 1. The highest BCUT2D eigenvalue weighted by Gasteiger charge is 2.38. The van der Waals surface area contributed by atoms with Gasteiger partial charge < -0.3 is 24.4 Å². The Morgan fingerprint density at radius 3 is 2.71 bits per heavy atom. The number of thioether (sulfide) groups is 1. The fourth-order valence-corrected chi connectivity index (χ4v) is 3.27. The van der Waals surface area contributed by atoms with Gasteiger partial charge in [0.15, 0.2) is 0 Å². The fraction of sp³-hybridized carbons (Fsp3) is 0.500. The summed E-state index contributed by atoms with van der Waals surface area (Å²) in [4.78, 5) is 12.2. The van der Waals surface area contributed by atoms with Crippen molar-refractivity contribution in [2.24, 2.45) is 0 Å². The third kappa shape index (κ3) is 3.42. The summed E-state index contributed by atoms with van der Waals surface area (Å²) in [5, 5.41) is 18.7. The van der Waals surface area contributed by atoms with Gasteiger partial charge in [0.2, 0.25) is 0 Å². The number of aliphatic hydroxyl groups is 2. The molecule has 1 fully saturated rings. The van der Waals surface area contributed by atoms with Crippen molar-refractivity contribution in [2.45, 2.75) is 17.5 Å². The van der Waals surface area contributed by atoms with Crippen LogP contribution in [0.5, 0.6) is 11.5 Å². The third-order valence-corrected chi connectivity index (χ3v) is 4.68. The first kappa shape index (κ1) is 15.9. The molecule has 1 saturated heterocycles. The van der Waals surface area contributed by atoms with Crippen molar-refractivity contribution in [1.82, 2.24) is 0 Å². The molecule has 6 nitrogen and oxygen atoms in total. The van der Waals surface area contributed by atoms with E-state index in [9.17, 15) is 9.90 Å². The molecule has 1 aliphatic heterocycles. The highest BCUT2D eigenvalue weighted by Crippen LogP contribution is 2.31. The maximum atomic E-state index is 12.2. The Kier molecular flexibility index (Phi) is 5.33. The van der Waals surface area contributed by atoms with Gasteiger partial charge in [0, 0.05) is 11.8 Å².